The number of halogens is 2. The number of nitrogens with zero attached hydrogens (tertiary/aromatic N) is 1. The Morgan fingerprint density at radius 3 is 2.64 bits per heavy atom. The minimum Gasteiger partial charge on any atom is -0.324 e. The van der Waals surface area contributed by atoms with E-state index in [1.54, 1.807) is 0 Å². The lowest BCUT2D eigenvalue weighted by Gasteiger charge is -2.03. The molecule has 3 rings (SSSR count). The van der Waals surface area contributed by atoms with Crippen molar-refractivity contribution in [1.82, 2.24) is 9.97 Å². The summed E-state index contributed by atoms with van der Waals surface area (Å²) >= 11 is 0. The van der Waals surface area contributed by atoms with Gasteiger partial charge in [-0.15, -0.1) is 0 Å². The number of hydrogen-bond acceptors (Lipinski definition) is 2. The second-order valence-corrected chi connectivity index (χ2v) is 5.12. The molecule has 0 saturated carbocycles. The lowest BCUT2D eigenvalue weighted by molar-refractivity contribution is 0.102. The van der Waals surface area contributed by atoms with E-state index >= 15 is 0 Å². The van der Waals surface area contributed by atoms with Crippen LogP contribution in [0.3, 0.4) is 0 Å². The Hall–Kier alpha value is -2.76. The fraction of sp³-hybridized carbons (Fsp3) is 0.125. The van der Waals surface area contributed by atoms with Gasteiger partial charge in [0.05, 0.1) is 16.6 Å². The Labute approximate surface area is 125 Å². The third kappa shape index (κ3) is 2.55. The number of carbonyl (C=O) groups is 1. The molecule has 1 amide bonds. The first-order valence-corrected chi connectivity index (χ1v) is 6.67. The van der Waals surface area contributed by atoms with Crippen LogP contribution in [0.25, 0.3) is 11.0 Å². The summed E-state index contributed by atoms with van der Waals surface area (Å²) in [6.45, 7) is 3.93. The number of aromatic amines is 1. The Bertz CT molecular complexity index is 847. The third-order valence-corrected chi connectivity index (χ3v) is 3.50. The first-order valence-electron chi connectivity index (χ1n) is 6.67. The van der Waals surface area contributed by atoms with Gasteiger partial charge in [0.25, 0.3) is 5.91 Å². The smallest absolute Gasteiger partial charge is 0.261 e. The molecule has 2 N–H and O–H groups in total. The van der Waals surface area contributed by atoms with Gasteiger partial charge in [0, 0.05) is 0 Å². The van der Waals surface area contributed by atoms with Crippen LogP contribution in [0.5, 0.6) is 0 Å². The largest absolute Gasteiger partial charge is 0.324 e. The van der Waals surface area contributed by atoms with Gasteiger partial charge < -0.3 is 4.98 Å². The zero-order valence-corrected chi connectivity index (χ0v) is 12.0. The number of H-pyrrole nitrogens is 1. The van der Waals surface area contributed by atoms with Crippen LogP contribution in [0.15, 0.2) is 30.3 Å². The van der Waals surface area contributed by atoms with E-state index in [9.17, 15) is 13.6 Å². The molecule has 0 bridgehead atoms. The first-order chi connectivity index (χ1) is 10.4. The molecule has 6 heteroatoms. The van der Waals surface area contributed by atoms with E-state index in [0.717, 1.165) is 34.8 Å². The maximum Gasteiger partial charge on any atom is 0.261 e. The fourth-order valence-corrected chi connectivity index (χ4v) is 2.18. The van der Waals surface area contributed by atoms with Gasteiger partial charge in [0.2, 0.25) is 5.95 Å². The number of anilines is 1. The number of aryl methyl sites for hydroxylation is 2. The molecule has 112 valence electrons. The van der Waals surface area contributed by atoms with Crippen molar-refractivity contribution in [3.8, 4) is 0 Å². The van der Waals surface area contributed by atoms with Crippen molar-refractivity contribution in [3.05, 3.63) is 58.7 Å². The van der Waals surface area contributed by atoms with Crippen molar-refractivity contribution in [2.24, 2.45) is 0 Å². The topological polar surface area (TPSA) is 57.8 Å². The number of fused-ring (bicyclic) bond motifs is 1. The number of hydrogen-bond donors (Lipinski definition) is 2. The van der Waals surface area contributed by atoms with Gasteiger partial charge in [0.1, 0.15) is 11.6 Å². The van der Waals surface area contributed by atoms with Gasteiger partial charge in [0.15, 0.2) is 0 Å². The number of amides is 1. The Kier molecular flexibility index (Phi) is 3.36. The Morgan fingerprint density at radius 1 is 1.14 bits per heavy atom. The molecular weight excluding hydrogens is 288 g/mol. The van der Waals surface area contributed by atoms with Gasteiger partial charge in [-0.25, -0.2) is 13.8 Å². The summed E-state index contributed by atoms with van der Waals surface area (Å²) in [5.74, 6) is -2.04. The van der Waals surface area contributed by atoms with E-state index in [1.807, 2.05) is 26.0 Å². The average Bonchev–Trinajstić information content (AvgIpc) is 2.83. The summed E-state index contributed by atoms with van der Waals surface area (Å²) in [5, 5.41) is 2.44. The zero-order valence-electron chi connectivity index (χ0n) is 12.0. The number of rotatable bonds is 2. The predicted octanol–water partition coefficient (Wildman–Crippen LogP) is 3.71. The van der Waals surface area contributed by atoms with Crippen molar-refractivity contribution in [2.45, 2.75) is 13.8 Å². The van der Waals surface area contributed by atoms with Gasteiger partial charge >= 0.3 is 0 Å². The minimum absolute atomic E-state index is 0.189. The van der Waals surface area contributed by atoms with Crippen LogP contribution in [-0.4, -0.2) is 15.9 Å². The van der Waals surface area contributed by atoms with Crippen molar-refractivity contribution in [1.29, 1.82) is 0 Å². The van der Waals surface area contributed by atoms with Gasteiger partial charge in [-0.2, -0.15) is 0 Å². The first kappa shape index (κ1) is 14.2. The van der Waals surface area contributed by atoms with Crippen molar-refractivity contribution in [2.75, 3.05) is 5.32 Å². The summed E-state index contributed by atoms with van der Waals surface area (Å²) < 4.78 is 26.7. The monoisotopic (exact) mass is 301 g/mol. The molecule has 1 heterocycles. The molecule has 0 aliphatic heterocycles. The normalized spacial score (nSPS) is 10.9. The molecule has 22 heavy (non-hydrogen) atoms. The molecule has 0 fully saturated rings. The molecule has 0 saturated heterocycles. The highest BCUT2D eigenvalue weighted by Gasteiger charge is 2.15. The second kappa shape index (κ2) is 5.22. The third-order valence-electron chi connectivity index (χ3n) is 3.50. The average molecular weight is 301 g/mol. The van der Waals surface area contributed by atoms with E-state index in [4.69, 9.17) is 0 Å². The fourth-order valence-electron chi connectivity index (χ4n) is 2.18. The molecule has 0 spiro atoms. The van der Waals surface area contributed by atoms with E-state index in [1.165, 1.54) is 0 Å². The highest BCUT2D eigenvalue weighted by atomic mass is 19.1. The molecule has 0 radical (unpaired) electrons. The minimum atomic E-state index is -0.790. The number of benzene rings is 2. The number of aromatic nitrogens is 2. The van der Waals surface area contributed by atoms with Crippen molar-refractivity contribution in [3.63, 3.8) is 0 Å². The quantitative estimate of drug-likeness (QED) is 0.758. The predicted molar refractivity (Wildman–Crippen MR) is 79.9 cm³/mol. The van der Waals surface area contributed by atoms with E-state index in [2.05, 4.69) is 15.3 Å². The molecule has 1 aromatic heterocycles. The zero-order chi connectivity index (χ0) is 15.9. The molecule has 0 aliphatic rings. The maximum absolute atomic E-state index is 13.6. The van der Waals surface area contributed by atoms with Gasteiger partial charge in [-0.1, -0.05) is 0 Å². The van der Waals surface area contributed by atoms with Crippen LogP contribution in [0, 0.1) is 25.5 Å². The summed E-state index contributed by atoms with van der Waals surface area (Å²) in [6, 6.07) is 6.52. The van der Waals surface area contributed by atoms with E-state index in [-0.39, 0.29) is 11.5 Å². The van der Waals surface area contributed by atoms with Gasteiger partial charge in [-0.3, -0.25) is 10.1 Å². The highest BCUT2D eigenvalue weighted by Crippen LogP contribution is 2.20. The van der Waals surface area contributed by atoms with Crippen LogP contribution in [0.4, 0.5) is 14.7 Å². The highest BCUT2D eigenvalue weighted by molar-refractivity contribution is 6.04. The van der Waals surface area contributed by atoms with Crippen LogP contribution in [-0.2, 0) is 0 Å². The maximum atomic E-state index is 13.6. The van der Waals surface area contributed by atoms with E-state index in [0.29, 0.717) is 5.52 Å². The number of nitrogens with one attached hydrogen (secondary N) is 2. The standard InChI is InChI=1S/C16H13F2N3O/c1-8-5-13-14(6-9(8)2)20-16(19-13)21-15(22)11-7-10(17)3-4-12(11)18/h3-7H,1-2H3,(H2,19,20,21,22). The molecular formula is C16H13F2N3O. The van der Waals surface area contributed by atoms with Crippen molar-refractivity contribution < 1.29 is 13.6 Å². The summed E-state index contributed by atoms with van der Waals surface area (Å²) in [5.41, 5.74) is 3.25. The Morgan fingerprint density at radius 2 is 1.86 bits per heavy atom. The Balaban J connectivity index is 1.92. The van der Waals surface area contributed by atoms with Gasteiger partial charge in [-0.05, 0) is 55.3 Å². The molecule has 2 aromatic carbocycles. The second-order valence-electron chi connectivity index (χ2n) is 5.12. The lowest BCUT2D eigenvalue weighted by Crippen LogP contribution is -2.15. The summed E-state index contributed by atoms with van der Waals surface area (Å²) in [6.07, 6.45) is 0. The SMILES string of the molecule is Cc1cc2nc(NC(=O)c3cc(F)ccc3F)[nH]c2cc1C. The van der Waals surface area contributed by atoms with Crippen molar-refractivity contribution >= 4 is 22.9 Å². The van der Waals surface area contributed by atoms with E-state index < -0.39 is 17.5 Å². The summed E-state index contributed by atoms with van der Waals surface area (Å²) in [4.78, 5) is 19.2. The molecule has 0 unspecified atom stereocenters. The molecule has 0 aliphatic carbocycles. The van der Waals surface area contributed by atoms with Crippen LogP contribution in [0.1, 0.15) is 21.5 Å². The molecule has 3 aromatic rings. The molecule has 4 nitrogen and oxygen atoms in total. The van der Waals surface area contributed by atoms with Crippen LogP contribution in [0.2, 0.25) is 0 Å². The molecule has 0 atom stereocenters. The lowest BCUT2D eigenvalue weighted by atomic mass is 10.1. The number of imidazole rings is 1. The summed E-state index contributed by atoms with van der Waals surface area (Å²) in [7, 11) is 0. The van der Waals surface area contributed by atoms with Crippen LogP contribution < -0.4 is 5.32 Å². The van der Waals surface area contributed by atoms with Crippen LogP contribution >= 0.6 is 0 Å². The number of carbonyl (C=O) groups excluding carboxylic acids is 1.